The number of aldehydes is 1. The maximum absolute atomic E-state index is 13.5. The second kappa shape index (κ2) is 9.74. The van der Waals surface area contributed by atoms with Crippen LogP contribution in [0.15, 0.2) is 39.2 Å². The first-order valence-corrected chi connectivity index (χ1v) is 11.9. The Kier molecular flexibility index (Phi) is 6.78. The van der Waals surface area contributed by atoms with Crippen LogP contribution < -0.4 is 21.3 Å². The van der Waals surface area contributed by atoms with Gasteiger partial charge in [0.1, 0.15) is 16.7 Å². The third-order valence-corrected chi connectivity index (χ3v) is 7.40. The lowest BCUT2D eigenvalue weighted by Crippen LogP contribution is -2.42. The van der Waals surface area contributed by atoms with Crippen molar-refractivity contribution in [2.45, 2.75) is 38.8 Å². The minimum atomic E-state index is -0.377. The highest BCUT2D eigenvalue weighted by molar-refractivity contribution is 7.17. The van der Waals surface area contributed by atoms with Crippen LogP contribution in [0.1, 0.15) is 41.6 Å². The molecule has 0 bridgehead atoms. The first-order chi connectivity index (χ1) is 16.0. The average Bonchev–Trinajstić information content (AvgIpc) is 3.34. The molecular weight excluding hydrogens is 442 g/mol. The molecule has 2 heterocycles. The van der Waals surface area contributed by atoms with Gasteiger partial charge in [-0.2, -0.15) is 0 Å². The van der Waals surface area contributed by atoms with Gasteiger partial charge in [0.2, 0.25) is 5.91 Å². The molecule has 0 unspecified atom stereocenters. The van der Waals surface area contributed by atoms with E-state index >= 15 is 0 Å². The Labute approximate surface area is 194 Å². The topological polar surface area (TPSA) is 99.4 Å². The van der Waals surface area contributed by atoms with Crippen molar-refractivity contribution in [3.63, 3.8) is 0 Å². The highest BCUT2D eigenvalue weighted by atomic mass is 32.1. The fraction of sp³-hybridized carbons (Fsp3) is 0.417. The molecule has 0 atom stereocenters. The predicted molar refractivity (Wildman–Crippen MR) is 127 cm³/mol. The number of benzene rings is 1. The summed E-state index contributed by atoms with van der Waals surface area (Å²) < 4.78 is 8.87. The van der Waals surface area contributed by atoms with Crippen molar-refractivity contribution in [1.82, 2.24) is 14.5 Å². The lowest BCUT2D eigenvalue weighted by Gasteiger charge is -2.27. The van der Waals surface area contributed by atoms with Crippen molar-refractivity contribution in [3.05, 3.63) is 61.6 Å². The number of fused-ring (bicyclic) bond motifs is 1. The van der Waals surface area contributed by atoms with Gasteiger partial charge in [-0.25, -0.2) is 4.79 Å². The summed E-state index contributed by atoms with van der Waals surface area (Å²) >= 11 is 1.32. The number of carbonyl (C=O) groups is 2. The number of nitrogens with one attached hydrogen (secondary N) is 1. The van der Waals surface area contributed by atoms with Gasteiger partial charge in [0.15, 0.2) is 0 Å². The molecule has 174 valence electrons. The highest BCUT2D eigenvalue weighted by Crippen LogP contribution is 2.30. The van der Waals surface area contributed by atoms with Crippen LogP contribution in [-0.4, -0.2) is 35.5 Å². The van der Waals surface area contributed by atoms with Crippen molar-refractivity contribution in [2.75, 3.05) is 14.2 Å². The maximum Gasteiger partial charge on any atom is 0.331 e. The molecule has 3 aromatic rings. The number of ether oxygens (including phenoxy) is 1. The average molecular weight is 470 g/mol. The number of rotatable bonds is 7. The zero-order valence-electron chi connectivity index (χ0n) is 18.7. The largest absolute Gasteiger partial charge is 0.496 e. The summed E-state index contributed by atoms with van der Waals surface area (Å²) in [7, 11) is 3.19. The lowest BCUT2D eigenvalue weighted by molar-refractivity contribution is -0.125. The number of aromatic nitrogens is 2. The monoisotopic (exact) mass is 469 g/mol. The summed E-state index contributed by atoms with van der Waals surface area (Å²) in [5, 5.41) is 4.51. The molecule has 1 saturated carbocycles. The van der Waals surface area contributed by atoms with Gasteiger partial charge in [-0.05, 0) is 61.2 Å². The van der Waals surface area contributed by atoms with Gasteiger partial charge in [-0.1, -0.05) is 0 Å². The summed E-state index contributed by atoms with van der Waals surface area (Å²) in [4.78, 5) is 49.9. The molecule has 8 nitrogen and oxygen atoms in total. The maximum atomic E-state index is 13.5. The van der Waals surface area contributed by atoms with Crippen LogP contribution in [-0.2, 0) is 17.9 Å². The summed E-state index contributed by atoms with van der Waals surface area (Å²) in [6.45, 7) is 0.512. The molecule has 1 aliphatic carbocycles. The van der Waals surface area contributed by atoms with Crippen LogP contribution in [0.3, 0.4) is 0 Å². The molecule has 1 fully saturated rings. The smallest absolute Gasteiger partial charge is 0.331 e. The second-order valence-corrected chi connectivity index (χ2v) is 9.36. The summed E-state index contributed by atoms with van der Waals surface area (Å²) in [5.74, 6) is 0.785. The molecule has 2 aromatic heterocycles. The number of amides is 1. The van der Waals surface area contributed by atoms with Gasteiger partial charge in [-0.15, -0.1) is 11.3 Å². The third kappa shape index (κ3) is 4.50. The first-order valence-electron chi connectivity index (χ1n) is 11.0. The second-order valence-electron chi connectivity index (χ2n) is 8.44. The first kappa shape index (κ1) is 23.0. The van der Waals surface area contributed by atoms with Crippen LogP contribution >= 0.6 is 11.3 Å². The van der Waals surface area contributed by atoms with E-state index in [1.165, 1.54) is 15.9 Å². The van der Waals surface area contributed by atoms with Gasteiger partial charge in [0.05, 0.1) is 19.2 Å². The van der Waals surface area contributed by atoms with Crippen LogP contribution in [0.4, 0.5) is 0 Å². The number of methoxy groups -OCH3 is 1. The van der Waals surface area contributed by atoms with Crippen molar-refractivity contribution >= 4 is 33.7 Å². The Hall–Kier alpha value is -3.20. The van der Waals surface area contributed by atoms with Crippen molar-refractivity contribution in [1.29, 1.82) is 0 Å². The van der Waals surface area contributed by atoms with Crippen molar-refractivity contribution in [2.24, 2.45) is 11.8 Å². The van der Waals surface area contributed by atoms with Crippen LogP contribution in [0.5, 0.6) is 5.75 Å². The number of nitrogens with zero attached hydrogens (tertiary/aromatic N) is 2. The standard InChI is InChI=1S/C24H27N3O5S/c1-25-22(29)17-6-3-15(4-7-17)12-27-23(30)21-19(9-10-33-21)26(24(27)31)13-18-11-16(14-28)5-8-20(18)32-2/h5,8-11,14-15,17H,3-4,6-7,12-13H2,1-2H3,(H,25,29). The SMILES string of the molecule is CNC(=O)C1CCC(Cn2c(=O)c3sccc3n(Cc3cc(C=O)ccc3OC)c2=O)CC1. The fourth-order valence-electron chi connectivity index (χ4n) is 4.68. The molecular formula is C24H27N3O5S. The Morgan fingerprint density at radius 3 is 2.61 bits per heavy atom. The molecule has 0 aliphatic heterocycles. The third-order valence-electron chi connectivity index (χ3n) is 6.51. The molecule has 1 aliphatic rings. The molecule has 0 spiro atoms. The van der Waals surface area contributed by atoms with E-state index in [1.54, 1.807) is 48.4 Å². The van der Waals surface area contributed by atoms with E-state index in [4.69, 9.17) is 4.74 Å². The highest BCUT2D eigenvalue weighted by Gasteiger charge is 2.27. The normalized spacial score (nSPS) is 18.2. The quantitative estimate of drug-likeness (QED) is 0.537. The van der Waals surface area contributed by atoms with Gasteiger partial charge in [0.25, 0.3) is 5.56 Å². The van der Waals surface area contributed by atoms with Gasteiger partial charge in [-0.3, -0.25) is 23.5 Å². The molecule has 0 radical (unpaired) electrons. The van der Waals surface area contributed by atoms with Crippen molar-refractivity contribution in [3.8, 4) is 5.75 Å². The molecule has 1 aromatic carbocycles. The molecule has 4 rings (SSSR count). The van der Waals surface area contributed by atoms with E-state index in [0.717, 1.165) is 32.0 Å². The lowest BCUT2D eigenvalue weighted by atomic mass is 9.81. The molecule has 1 amide bonds. The minimum absolute atomic E-state index is 0.00281. The number of hydrogen-bond donors (Lipinski definition) is 1. The van der Waals surface area contributed by atoms with Gasteiger partial charge in [0, 0.05) is 30.6 Å². The fourth-order valence-corrected chi connectivity index (χ4v) is 5.53. The number of carbonyl (C=O) groups excluding carboxylic acids is 2. The van der Waals surface area contributed by atoms with Crippen molar-refractivity contribution < 1.29 is 14.3 Å². The van der Waals surface area contributed by atoms with E-state index in [9.17, 15) is 19.2 Å². The van der Waals surface area contributed by atoms with E-state index in [-0.39, 0.29) is 35.5 Å². The summed E-state index contributed by atoms with van der Waals surface area (Å²) in [6.07, 6.45) is 3.85. The molecule has 33 heavy (non-hydrogen) atoms. The number of hydrogen-bond acceptors (Lipinski definition) is 6. The zero-order valence-corrected chi connectivity index (χ0v) is 19.5. The summed E-state index contributed by atoms with van der Waals surface area (Å²) in [5.41, 5.74) is 1.10. The summed E-state index contributed by atoms with van der Waals surface area (Å²) in [6, 6.07) is 6.84. The Balaban J connectivity index is 1.69. The van der Waals surface area contributed by atoms with Gasteiger partial charge >= 0.3 is 5.69 Å². The van der Waals surface area contributed by atoms with Crippen LogP contribution in [0, 0.1) is 11.8 Å². The Morgan fingerprint density at radius 1 is 1.18 bits per heavy atom. The number of thiophene rings is 1. The van der Waals surface area contributed by atoms with E-state index in [1.807, 2.05) is 0 Å². The molecule has 1 N–H and O–H groups in total. The molecule has 0 saturated heterocycles. The predicted octanol–water partition coefficient (Wildman–Crippen LogP) is 2.65. The van der Waals surface area contributed by atoms with E-state index in [0.29, 0.717) is 33.6 Å². The molecule has 9 heteroatoms. The minimum Gasteiger partial charge on any atom is -0.496 e. The van der Waals surface area contributed by atoms with E-state index < -0.39 is 0 Å². The Morgan fingerprint density at radius 2 is 1.94 bits per heavy atom. The van der Waals surface area contributed by atoms with Crippen LogP contribution in [0.25, 0.3) is 10.2 Å². The Bertz CT molecular complexity index is 1300. The van der Waals surface area contributed by atoms with Crippen LogP contribution in [0.2, 0.25) is 0 Å². The van der Waals surface area contributed by atoms with Gasteiger partial charge < -0.3 is 10.1 Å². The zero-order chi connectivity index (χ0) is 23.5. The van der Waals surface area contributed by atoms with E-state index in [2.05, 4.69) is 5.32 Å².